The summed E-state index contributed by atoms with van der Waals surface area (Å²) in [5.41, 5.74) is 0. The van der Waals surface area contributed by atoms with E-state index in [0.29, 0.717) is 0 Å². The van der Waals surface area contributed by atoms with Gasteiger partial charge >= 0.3 is 0 Å². The molecule has 0 atom stereocenters. The second-order valence-corrected chi connectivity index (χ2v) is 6.15. The Morgan fingerprint density at radius 3 is 1.69 bits per heavy atom. The third-order valence-corrected chi connectivity index (χ3v) is 5.16. The monoisotopic (exact) mass is 284 g/mol. The van der Waals surface area contributed by atoms with E-state index >= 15 is 0 Å². The highest BCUT2D eigenvalue weighted by Crippen LogP contribution is 2.29. The maximum absolute atomic E-state index is 5.22. The van der Waals surface area contributed by atoms with Crippen molar-refractivity contribution >= 4 is 65.8 Å². The Balaban J connectivity index is 1.97. The van der Waals surface area contributed by atoms with E-state index in [1.807, 2.05) is 12.2 Å². The smallest absolute Gasteiger partial charge is 0.121 e. The average molecular weight is 284 g/mol. The fourth-order valence-corrected chi connectivity index (χ4v) is 4.01. The number of allylic oxidation sites excluding steroid dienone is 2. The van der Waals surface area contributed by atoms with Crippen molar-refractivity contribution in [2.75, 3.05) is 0 Å². The minimum absolute atomic E-state index is 0.804. The molecule has 82 valence electrons. The average Bonchev–Trinajstić information content (AvgIpc) is 2.30. The van der Waals surface area contributed by atoms with Gasteiger partial charge < -0.3 is 0 Å². The number of thiocarbonyl (C=S) groups is 2. The Labute approximate surface area is 113 Å². The van der Waals surface area contributed by atoms with Crippen molar-refractivity contribution in [3.63, 3.8) is 0 Å². The molecule has 0 saturated carbocycles. The third kappa shape index (κ3) is 3.10. The van der Waals surface area contributed by atoms with Gasteiger partial charge in [0.05, 0.1) is 9.73 Å². The summed E-state index contributed by atoms with van der Waals surface area (Å²) in [5, 5.41) is 1.78. The molecule has 6 heteroatoms. The van der Waals surface area contributed by atoms with Crippen LogP contribution in [0.4, 0.5) is 0 Å². The van der Waals surface area contributed by atoms with E-state index in [4.69, 9.17) is 24.4 Å². The summed E-state index contributed by atoms with van der Waals surface area (Å²) >= 11 is 10.4. The van der Waals surface area contributed by atoms with Gasteiger partial charge in [0, 0.05) is 25.2 Å². The SMILES string of the molecule is S=C1CC=CN=C1SSC1=NC=CCC1=S. The van der Waals surface area contributed by atoms with Crippen molar-refractivity contribution in [1.29, 1.82) is 0 Å². The predicted molar refractivity (Wildman–Crippen MR) is 82.8 cm³/mol. The van der Waals surface area contributed by atoms with Crippen LogP contribution in [0.5, 0.6) is 0 Å². The Kier molecular flexibility index (Phi) is 4.45. The largest absolute Gasteiger partial charge is 0.248 e. The van der Waals surface area contributed by atoms with E-state index in [0.717, 1.165) is 32.7 Å². The molecule has 2 nitrogen and oxygen atoms in total. The Bertz CT molecular complexity index is 404. The van der Waals surface area contributed by atoms with Crippen LogP contribution in [0.1, 0.15) is 12.8 Å². The summed E-state index contributed by atoms with van der Waals surface area (Å²) < 4.78 is 0. The van der Waals surface area contributed by atoms with Crippen LogP contribution >= 0.6 is 46.0 Å². The quantitative estimate of drug-likeness (QED) is 0.500. The molecular weight excluding hydrogens is 276 g/mol. The van der Waals surface area contributed by atoms with Crippen LogP contribution in [-0.4, -0.2) is 19.8 Å². The van der Waals surface area contributed by atoms with E-state index < -0.39 is 0 Å². The molecule has 0 fully saturated rings. The minimum atomic E-state index is 0.804. The molecule has 0 aromatic heterocycles. The topological polar surface area (TPSA) is 24.7 Å². The van der Waals surface area contributed by atoms with Crippen LogP contribution in [0.15, 0.2) is 34.5 Å². The molecule has 2 aliphatic heterocycles. The highest BCUT2D eigenvalue weighted by Gasteiger charge is 2.14. The van der Waals surface area contributed by atoms with E-state index in [-0.39, 0.29) is 0 Å². The highest BCUT2D eigenvalue weighted by molar-refractivity contribution is 8.88. The summed E-state index contributed by atoms with van der Waals surface area (Å²) in [6, 6.07) is 0. The van der Waals surface area contributed by atoms with Crippen molar-refractivity contribution in [2.45, 2.75) is 12.8 Å². The lowest BCUT2D eigenvalue weighted by atomic mass is 10.3. The van der Waals surface area contributed by atoms with Crippen LogP contribution in [0.25, 0.3) is 0 Å². The molecular formula is C10H8N2S4. The van der Waals surface area contributed by atoms with Crippen molar-refractivity contribution in [1.82, 2.24) is 0 Å². The Hall–Kier alpha value is -0.300. The van der Waals surface area contributed by atoms with Crippen molar-refractivity contribution < 1.29 is 0 Å². The fraction of sp³-hybridized carbons (Fsp3) is 0.200. The molecule has 2 aliphatic rings. The lowest BCUT2D eigenvalue weighted by molar-refractivity contribution is 1.43. The lowest BCUT2D eigenvalue weighted by Crippen LogP contribution is -2.11. The van der Waals surface area contributed by atoms with E-state index in [1.165, 1.54) is 21.6 Å². The van der Waals surface area contributed by atoms with Gasteiger partial charge in [-0.25, -0.2) is 9.98 Å². The van der Waals surface area contributed by atoms with E-state index in [2.05, 4.69) is 9.98 Å². The molecule has 0 aromatic rings. The first-order chi connectivity index (χ1) is 7.77. The zero-order chi connectivity index (χ0) is 11.4. The molecule has 2 heterocycles. The number of rotatable bonds is 0. The molecule has 2 rings (SSSR count). The Morgan fingerprint density at radius 2 is 1.31 bits per heavy atom. The van der Waals surface area contributed by atoms with Crippen molar-refractivity contribution in [2.24, 2.45) is 9.98 Å². The van der Waals surface area contributed by atoms with E-state index in [9.17, 15) is 0 Å². The number of hydrogen-bond donors (Lipinski definition) is 0. The first kappa shape index (κ1) is 12.2. The number of nitrogens with zero attached hydrogens (tertiary/aromatic N) is 2. The van der Waals surface area contributed by atoms with Crippen LogP contribution in [-0.2, 0) is 0 Å². The van der Waals surface area contributed by atoms with Gasteiger partial charge in [-0.1, -0.05) is 36.6 Å². The molecule has 0 N–H and O–H groups in total. The molecule has 0 saturated heterocycles. The number of hydrogen-bond acceptors (Lipinski definition) is 6. The van der Waals surface area contributed by atoms with Gasteiger partial charge in [0.1, 0.15) is 10.1 Å². The van der Waals surface area contributed by atoms with Gasteiger partial charge in [0.15, 0.2) is 0 Å². The second-order valence-electron chi connectivity index (χ2n) is 3.06. The molecule has 0 aromatic carbocycles. The van der Waals surface area contributed by atoms with Crippen LogP contribution in [0.2, 0.25) is 0 Å². The highest BCUT2D eigenvalue weighted by atomic mass is 33.1. The zero-order valence-corrected chi connectivity index (χ0v) is 11.5. The van der Waals surface area contributed by atoms with Gasteiger partial charge in [0.2, 0.25) is 0 Å². The summed E-state index contributed by atoms with van der Waals surface area (Å²) in [6.45, 7) is 0. The normalized spacial score (nSPS) is 19.8. The Morgan fingerprint density at radius 1 is 0.875 bits per heavy atom. The standard InChI is InChI=1S/C10H8N2S4/c13-7-3-1-5-11-9(7)15-16-10-8(14)4-2-6-12-10/h1-2,5-6H,3-4H2. The van der Waals surface area contributed by atoms with Gasteiger partial charge in [-0.3, -0.25) is 0 Å². The van der Waals surface area contributed by atoms with Gasteiger partial charge in [0.25, 0.3) is 0 Å². The second kappa shape index (κ2) is 5.86. The van der Waals surface area contributed by atoms with Gasteiger partial charge in [-0.2, -0.15) is 0 Å². The first-order valence-corrected chi connectivity index (χ1v) is 7.60. The lowest BCUT2D eigenvalue weighted by Gasteiger charge is -2.10. The minimum Gasteiger partial charge on any atom is -0.248 e. The number of aliphatic imine (C=N–C) groups is 2. The predicted octanol–water partition coefficient (Wildman–Crippen LogP) is 3.74. The van der Waals surface area contributed by atoms with Crippen molar-refractivity contribution in [3.8, 4) is 0 Å². The summed E-state index contributed by atoms with van der Waals surface area (Å²) in [5.74, 6) is 0. The van der Waals surface area contributed by atoms with Crippen LogP contribution < -0.4 is 0 Å². The van der Waals surface area contributed by atoms with Gasteiger partial charge in [-0.15, -0.1) is 0 Å². The molecule has 0 radical (unpaired) electrons. The molecule has 16 heavy (non-hydrogen) atoms. The summed E-state index contributed by atoms with van der Waals surface area (Å²) in [4.78, 5) is 10.3. The fourth-order valence-electron chi connectivity index (χ4n) is 1.09. The van der Waals surface area contributed by atoms with Crippen LogP contribution in [0.3, 0.4) is 0 Å². The molecule has 0 unspecified atom stereocenters. The zero-order valence-electron chi connectivity index (χ0n) is 8.25. The van der Waals surface area contributed by atoms with Crippen molar-refractivity contribution in [3.05, 3.63) is 24.6 Å². The molecule has 0 amide bonds. The summed E-state index contributed by atoms with van der Waals surface area (Å²) in [6.07, 6.45) is 9.11. The van der Waals surface area contributed by atoms with Gasteiger partial charge in [-0.05, 0) is 21.6 Å². The molecule has 0 spiro atoms. The third-order valence-electron chi connectivity index (χ3n) is 1.88. The molecule has 0 aliphatic carbocycles. The maximum atomic E-state index is 5.22. The van der Waals surface area contributed by atoms with Crippen LogP contribution in [0, 0.1) is 0 Å². The maximum Gasteiger partial charge on any atom is 0.121 e. The summed E-state index contributed by atoms with van der Waals surface area (Å²) in [7, 11) is 3.08. The molecule has 0 bridgehead atoms. The van der Waals surface area contributed by atoms with E-state index in [1.54, 1.807) is 12.4 Å². The first-order valence-electron chi connectivity index (χ1n) is 4.64.